The average molecular weight is 197 g/mol. The highest BCUT2D eigenvalue weighted by atomic mass is 16.2. The fourth-order valence-electron chi connectivity index (χ4n) is 1.08. The smallest absolute Gasteiger partial charge is 0.319 e. The summed E-state index contributed by atoms with van der Waals surface area (Å²) >= 11 is 0. The van der Waals surface area contributed by atoms with Crippen molar-refractivity contribution in [1.82, 2.24) is 25.0 Å². The van der Waals surface area contributed by atoms with Crippen LogP contribution in [0.25, 0.3) is 0 Å². The van der Waals surface area contributed by atoms with Crippen LogP contribution in [-0.2, 0) is 6.54 Å². The van der Waals surface area contributed by atoms with E-state index in [4.69, 9.17) is 0 Å². The van der Waals surface area contributed by atoms with Crippen LogP contribution < -0.4 is 0 Å². The van der Waals surface area contributed by atoms with Gasteiger partial charge in [0, 0.05) is 21.1 Å². The summed E-state index contributed by atoms with van der Waals surface area (Å²) in [5.74, 6) is 1.38. The first-order valence-corrected chi connectivity index (χ1v) is 4.31. The predicted octanol–water partition coefficient (Wildman–Crippen LogP) is 0.227. The van der Waals surface area contributed by atoms with E-state index < -0.39 is 0 Å². The van der Waals surface area contributed by atoms with Crippen molar-refractivity contribution in [1.29, 1.82) is 0 Å². The van der Waals surface area contributed by atoms with E-state index in [0.29, 0.717) is 12.4 Å². The monoisotopic (exact) mass is 197 g/mol. The van der Waals surface area contributed by atoms with Gasteiger partial charge in [-0.15, -0.1) is 0 Å². The van der Waals surface area contributed by atoms with Crippen molar-refractivity contribution in [3.63, 3.8) is 0 Å². The Bertz CT molecular complexity index is 319. The van der Waals surface area contributed by atoms with Crippen LogP contribution in [0.5, 0.6) is 0 Å². The van der Waals surface area contributed by atoms with Crippen LogP contribution in [0.15, 0.2) is 0 Å². The van der Waals surface area contributed by atoms with Crippen LogP contribution in [0.2, 0.25) is 0 Å². The molecule has 1 aromatic rings. The van der Waals surface area contributed by atoms with E-state index in [9.17, 15) is 4.79 Å². The third kappa shape index (κ3) is 2.45. The molecule has 0 unspecified atom stereocenters. The molecule has 0 fully saturated rings. The highest BCUT2D eigenvalue weighted by Crippen LogP contribution is 1.98. The largest absolute Gasteiger partial charge is 0.331 e. The molecular weight excluding hydrogens is 182 g/mol. The Morgan fingerprint density at radius 2 is 2.07 bits per heavy atom. The maximum absolute atomic E-state index is 11.4. The second kappa shape index (κ2) is 4.08. The van der Waals surface area contributed by atoms with Crippen molar-refractivity contribution in [3.8, 4) is 0 Å². The van der Waals surface area contributed by atoms with E-state index in [1.54, 1.807) is 26.0 Å². The SMILES string of the molecule is Cc1nc(CN(C)C(=O)N(C)C)n[nH]1. The Morgan fingerprint density at radius 1 is 1.43 bits per heavy atom. The highest BCUT2D eigenvalue weighted by molar-refractivity contribution is 5.73. The molecular formula is C8H15N5O. The molecule has 0 saturated carbocycles. The van der Waals surface area contributed by atoms with E-state index in [2.05, 4.69) is 15.2 Å². The number of aromatic amines is 1. The van der Waals surface area contributed by atoms with Crippen LogP contribution in [0.3, 0.4) is 0 Å². The summed E-state index contributed by atoms with van der Waals surface area (Å²) in [7, 11) is 5.14. The Balaban J connectivity index is 2.57. The lowest BCUT2D eigenvalue weighted by Crippen LogP contribution is -2.36. The van der Waals surface area contributed by atoms with Gasteiger partial charge < -0.3 is 9.80 Å². The maximum Gasteiger partial charge on any atom is 0.319 e. The number of urea groups is 1. The molecule has 1 heterocycles. The van der Waals surface area contributed by atoms with Crippen LogP contribution in [-0.4, -0.2) is 52.2 Å². The van der Waals surface area contributed by atoms with Crippen molar-refractivity contribution in [3.05, 3.63) is 11.6 Å². The minimum atomic E-state index is -0.0625. The Hall–Kier alpha value is -1.59. The lowest BCUT2D eigenvalue weighted by molar-refractivity contribution is 0.179. The summed E-state index contributed by atoms with van der Waals surface area (Å²) in [6.07, 6.45) is 0. The van der Waals surface area contributed by atoms with Crippen molar-refractivity contribution >= 4 is 6.03 Å². The first-order valence-electron chi connectivity index (χ1n) is 4.31. The fraction of sp³-hybridized carbons (Fsp3) is 0.625. The van der Waals surface area contributed by atoms with E-state index in [1.165, 1.54) is 4.90 Å². The number of nitrogens with zero attached hydrogens (tertiary/aromatic N) is 4. The summed E-state index contributed by atoms with van der Waals surface area (Å²) in [5.41, 5.74) is 0. The summed E-state index contributed by atoms with van der Waals surface area (Å²) in [4.78, 5) is 18.6. The zero-order valence-electron chi connectivity index (χ0n) is 8.90. The molecule has 0 aliphatic rings. The predicted molar refractivity (Wildman–Crippen MR) is 51.7 cm³/mol. The van der Waals surface area contributed by atoms with E-state index in [-0.39, 0.29) is 6.03 Å². The second-order valence-corrected chi connectivity index (χ2v) is 3.37. The third-order valence-electron chi connectivity index (χ3n) is 1.73. The molecule has 1 rings (SSSR count). The van der Waals surface area contributed by atoms with Gasteiger partial charge in [-0.3, -0.25) is 5.10 Å². The van der Waals surface area contributed by atoms with Gasteiger partial charge in [-0.1, -0.05) is 0 Å². The molecule has 0 saturated heterocycles. The van der Waals surface area contributed by atoms with E-state index in [0.717, 1.165) is 5.82 Å². The lowest BCUT2D eigenvalue weighted by atomic mass is 10.5. The minimum absolute atomic E-state index is 0.0625. The second-order valence-electron chi connectivity index (χ2n) is 3.37. The van der Waals surface area contributed by atoms with Gasteiger partial charge in [-0.05, 0) is 6.92 Å². The summed E-state index contributed by atoms with van der Waals surface area (Å²) < 4.78 is 0. The summed E-state index contributed by atoms with van der Waals surface area (Å²) in [6, 6.07) is -0.0625. The molecule has 2 amide bonds. The number of carbonyl (C=O) groups is 1. The van der Waals surface area contributed by atoms with E-state index >= 15 is 0 Å². The van der Waals surface area contributed by atoms with Crippen molar-refractivity contribution < 1.29 is 4.79 Å². The zero-order valence-corrected chi connectivity index (χ0v) is 8.90. The topological polar surface area (TPSA) is 65.1 Å². The van der Waals surface area contributed by atoms with Gasteiger partial charge in [0.1, 0.15) is 5.82 Å². The highest BCUT2D eigenvalue weighted by Gasteiger charge is 2.12. The number of H-pyrrole nitrogens is 1. The molecule has 6 nitrogen and oxygen atoms in total. The number of rotatable bonds is 2. The molecule has 0 spiro atoms. The number of amides is 2. The molecule has 0 aromatic carbocycles. The normalized spacial score (nSPS) is 10.0. The molecule has 0 aliphatic carbocycles. The number of carbonyl (C=O) groups excluding carboxylic acids is 1. The number of aryl methyl sites for hydroxylation is 1. The first kappa shape index (κ1) is 10.5. The molecule has 1 aromatic heterocycles. The van der Waals surface area contributed by atoms with Crippen LogP contribution in [0.1, 0.15) is 11.6 Å². The van der Waals surface area contributed by atoms with Gasteiger partial charge in [-0.2, -0.15) is 5.10 Å². The number of nitrogens with one attached hydrogen (secondary N) is 1. The molecule has 14 heavy (non-hydrogen) atoms. The minimum Gasteiger partial charge on any atom is -0.331 e. The third-order valence-corrected chi connectivity index (χ3v) is 1.73. The van der Waals surface area contributed by atoms with Crippen molar-refractivity contribution in [2.24, 2.45) is 0 Å². The number of aromatic nitrogens is 3. The fourth-order valence-corrected chi connectivity index (χ4v) is 1.08. The molecule has 1 N–H and O–H groups in total. The first-order chi connectivity index (χ1) is 6.50. The number of hydrogen-bond acceptors (Lipinski definition) is 3. The van der Waals surface area contributed by atoms with Crippen molar-refractivity contribution in [2.75, 3.05) is 21.1 Å². The molecule has 0 atom stereocenters. The molecule has 0 aliphatic heterocycles. The maximum atomic E-state index is 11.4. The molecule has 78 valence electrons. The van der Waals surface area contributed by atoms with Gasteiger partial charge >= 0.3 is 6.03 Å². The van der Waals surface area contributed by atoms with Gasteiger partial charge in [0.15, 0.2) is 5.82 Å². The van der Waals surface area contributed by atoms with Crippen LogP contribution in [0.4, 0.5) is 4.79 Å². The Kier molecular flexibility index (Phi) is 3.06. The van der Waals surface area contributed by atoms with Gasteiger partial charge in [0.25, 0.3) is 0 Å². The lowest BCUT2D eigenvalue weighted by Gasteiger charge is -2.20. The quantitative estimate of drug-likeness (QED) is 0.738. The molecule has 6 heteroatoms. The summed E-state index contributed by atoms with van der Waals surface area (Å²) in [6.45, 7) is 2.24. The average Bonchev–Trinajstić information content (AvgIpc) is 2.49. The van der Waals surface area contributed by atoms with Gasteiger partial charge in [-0.25, -0.2) is 9.78 Å². The van der Waals surface area contributed by atoms with Gasteiger partial charge in [0.05, 0.1) is 6.54 Å². The molecule has 0 radical (unpaired) electrons. The Morgan fingerprint density at radius 3 is 2.50 bits per heavy atom. The van der Waals surface area contributed by atoms with Crippen LogP contribution in [0, 0.1) is 6.92 Å². The zero-order chi connectivity index (χ0) is 10.7. The summed E-state index contributed by atoms with van der Waals surface area (Å²) in [5, 5.41) is 6.68. The number of hydrogen-bond donors (Lipinski definition) is 1. The van der Waals surface area contributed by atoms with Crippen LogP contribution >= 0.6 is 0 Å². The Labute approximate surface area is 82.9 Å². The van der Waals surface area contributed by atoms with Crippen molar-refractivity contribution in [2.45, 2.75) is 13.5 Å². The van der Waals surface area contributed by atoms with E-state index in [1.807, 2.05) is 6.92 Å². The van der Waals surface area contributed by atoms with Gasteiger partial charge in [0.2, 0.25) is 0 Å². The molecule has 0 bridgehead atoms. The standard InChI is InChI=1S/C8H15N5O/c1-6-9-7(11-10-6)5-13(4)8(14)12(2)3/h5H2,1-4H3,(H,9,10,11).